The fraction of sp³-hybridized carbons (Fsp3) is 0.643. The van der Waals surface area contributed by atoms with Gasteiger partial charge in [-0.1, -0.05) is 0 Å². The summed E-state index contributed by atoms with van der Waals surface area (Å²) in [6.45, 7) is 0. The summed E-state index contributed by atoms with van der Waals surface area (Å²) in [5.41, 5.74) is 0.258. The number of hydrogen-bond donors (Lipinski definition) is 2. The lowest BCUT2D eigenvalue weighted by Crippen LogP contribution is -2.48. The molecule has 0 spiro atoms. The summed E-state index contributed by atoms with van der Waals surface area (Å²) in [6.07, 6.45) is 5.62. The highest BCUT2D eigenvalue weighted by atomic mass is 16.5. The van der Waals surface area contributed by atoms with E-state index < -0.39 is 0 Å². The number of amides is 1. The molecular weight excluding hydrogens is 272 g/mol. The summed E-state index contributed by atoms with van der Waals surface area (Å²) in [7, 11) is 2.95. The van der Waals surface area contributed by atoms with Crippen LogP contribution in [0, 0.1) is 0 Å². The van der Waals surface area contributed by atoms with Gasteiger partial charge < -0.3 is 20.1 Å². The van der Waals surface area contributed by atoms with E-state index in [0.29, 0.717) is 12.1 Å². The number of rotatable bonds is 4. The molecular formula is C14H20N4O3. The highest BCUT2D eigenvalue weighted by Crippen LogP contribution is 2.28. The fourth-order valence-corrected chi connectivity index (χ4v) is 3.29. The molecule has 2 N–H and O–H groups in total. The molecule has 114 valence electrons. The molecule has 2 aliphatic heterocycles. The van der Waals surface area contributed by atoms with Crippen molar-refractivity contribution in [2.45, 2.75) is 43.8 Å². The van der Waals surface area contributed by atoms with Crippen LogP contribution in [0.15, 0.2) is 6.33 Å². The number of nitrogens with zero attached hydrogens (tertiary/aromatic N) is 2. The molecule has 7 heteroatoms. The maximum atomic E-state index is 12.5. The van der Waals surface area contributed by atoms with E-state index in [1.807, 2.05) is 0 Å². The molecule has 1 aromatic heterocycles. The van der Waals surface area contributed by atoms with Gasteiger partial charge in [0.1, 0.15) is 6.33 Å². The van der Waals surface area contributed by atoms with Crippen molar-refractivity contribution in [2.75, 3.05) is 14.2 Å². The van der Waals surface area contributed by atoms with Crippen LogP contribution in [0.5, 0.6) is 11.8 Å². The normalized spacial score (nSPS) is 27.2. The zero-order valence-electron chi connectivity index (χ0n) is 12.3. The topological polar surface area (TPSA) is 85.4 Å². The second-order valence-corrected chi connectivity index (χ2v) is 5.55. The lowest BCUT2D eigenvalue weighted by molar-refractivity contribution is 0.0916. The third-order valence-corrected chi connectivity index (χ3v) is 4.20. The van der Waals surface area contributed by atoms with Crippen LogP contribution < -0.4 is 20.1 Å². The van der Waals surface area contributed by atoms with Crippen LogP contribution in [-0.2, 0) is 0 Å². The summed E-state index contributed by atoms with van der Waals surface area (Å²) >= 11 is 0. The smallest absolute Gasteiger partial charge is 0.262 e. The van der Waals surface area contributed by atoms with Crippen molar-refractivity contribution in [1.29, 1.82) is 0 Å². The van der Waals surface area contributed by atoms with Crippen LogP contribution in [0.3, 0.4) is 0 Å². The van der Waals surface area contributed by atoms with Crippen LogP contribution in [0.2, 0.25) is 0 Å². The standard InChI is InChI=1S/C14H20N4O3/c1-20-13-11(14(21-2)16-7-15-13)12(19)18-10-5-8-3-4-9(6-10)17-8/h7-10,17H,3-6H2,1-2H3,(H,18,19). The quantitative estimate of drug-likeness (QED) is 0.841. The average molecular weight is 292 g/mol. The number of carbonyl (C=O) groups excluding carboxylic acids is 1. The summed E-state index contributed by atoms with van der Waals surface area (Å²) in [5.74, 6) is 0.225. The summed E-state index contributed by atoms with van der Waals surface area (Å²) in [5, 5.41) is 6.62. The van der Waals surface area contributed by atoms with Crippen LogP contribution >= 0.6 is 0 Å². The Labute approximate surface area is 123 Å². The summed E-state index contributed by atoms with van der Waals surface area (Å²) in [6, 6.07) is 1.21. The Hall–Kier alpha value is -1.89. The number of hydrogen-bond acceptors (Lipinski definition) is 6. The highest BCUT2D eigenvalue weighted by Gasteiger charge is 2.35. The van der Waals surface area contributed by atoms with Gasteiger partial charge in [-0.2, -0.15) is 0 Å². The minimum Gasteiger partial charge on any atom is -0.480 e. The molecule has 1 amide bonds. The van der Waals surface area contributed by atoms with Crippen molar-refractivity contribution in [2.24, 2.45) is 0 Å². The second kappa shape index (κ2) is 5.85. The first kappa shape index (κ1) is 14.1. The molecule has 2 fully saturated rings. The fourth-order valence-electron chi connectivity index (χ4n) is 3.29. The van der Waals surface area contributed by atoms with Crippen molar-refractivity contribution in [3.63, 3.8) is 0 Å². The molecule has 2 atom stereocenters. The first-order chi connectivity index (χ1) is 10.2. The van der Waals surface area contributed by atoms with Gasteiger partial charge in [-0.05, 0) is 25.7 Å². The second-order valence-electron chi connectivity index (χ2n) is 5.55. The van der Waals surface area contributed by atoms with E-state index in [4.69, 9.17) is 9.47 Å². The molecule has 0 radical (unpaired) electrons. The van der Waals surface area contributed by atoms with Gasteiger partial charge in [-0.15, -0.1) is 0 Å². The Morgan fingerprint density at radius 3 is 2.29 bits per heavy atom. The number of methoxy groups -OCH3 is 2. The van der Waals surface area contributed by atoms with Gasteiger partial charge in [0.15, 0.2) is 5.56 Å². The molecule has 2 bridgehead atoms. The van der Waals surface area contributed by atoms with Crippen molar-refractivity contribution in [3.05, 3.63) is 11.9 Å². The van der Waals surface area contributed by atoms with Gasteiger partial charge >= 0.3 is 0 Å². The first-order valence-electron chi connectivity index (χ1n) is 7.21. The van der Waals surface area contributed by atoms with Crippen molar-refractivity contribution < 1.29 is 14.3 Å². The zero-order chi connectivity index (χ0) is 14.8. The van der Waals surface area contributed by atoms with Gasteiger partial charge in [0.05, 0.1) is 14.2 Å². The number of piperidine rings is 1. The van der Waals surface area contributed by atoms with Crippen LogP contribution in [0.25, 0.3) is 0 Å². The molecule has 2 aliphatic rings. The highest BCUT2D eigenvalue weighted by molar-refractivity contribution is 5.98. The maximum Gasteiger partial charge on any atom is 0.262 e. The van der Waals surface area contributed by atoms with Crippen molar-refractivity contribution in [3.8, 4) is 11.8 Å². The number of ether oxygens (including phenoxy) is 2. The van der Waals surface area contributed by atoms with E-state index in [2.05, 4.69) is 20.6 Å². The van der Waals surface area contributed by atoms with Gasteiger partial charge in [0.25, 0.3) is 5.91 Å². The molecule has 1 aromatic rings. The SMILES string of the molecule is COc1ncnc(OC)c1C(=O)NC1CC2CCC(C1)N2. The van der Waals surface area contributed by atoms with E-state index in [1.54, 1.807) is 0 Å². The molecule has 7 nitrogen and oxygen atoms in total. The average Bonchev–Trinajstić information content (AvgIpc) is 2.85. The number of aromatic nitrogens is 2. The molecule has 3 rings (SSSR count). The third-order valence-electron chi connectivity index (χ3n) is 4.20. The van der Waals surface area contributed by atoms with Crippen LogP contribution in [0.4, 0.5) is 0 Å². The van der Waals surface area contributed by atoms with Gasteiger partial charge in [0.2, 0.25) is 11.8 Å². The Morgan fingerprint density at radius 2 is 1.76 bits per heavy atom. The van der Waals surface area contributed by atoms with Gasteiger partial charge in [0, 0.05) is 18.1 Å². The number of fused-ring (bicyclic) bond motifs is 2. The summed E-state index contributed by atoms with van der Waals surface area (Å²) < 4.78 is 10.3. The molecule has 0 aliphatic carbocycles. The van der Waals surface area contributed by atoms with Crippen molar-refractivity contribution in [1.82, 2.24) is 20.6 Å². The summed E-state index contributed by atoms with van der Waals surface area (Å²) in [4.78, 5) is 20.5. The minimum atomic E-state index is -0.240. The van der Waals surface area contributed by atoms with Crippen molar-refractivity contribution >= 4 is 5.91 Å². The molecule has 0 saturated carbocycles. The number of nitrogens with one attached hydrogen (secondary N) is 2. The lowest BCUT2D eigenvalue weighted by Gasteiger charge is -2.29. The van der Waals surface area contributed by atoms with Crippen LogP contribution in [-0.4, -0.2) is 48.2 Å². The molecule has 21 heavy (non-hydrogen) atoms. The Morgan fingerprint density at radius 1 is 1.19 bits per heavy atom. The van der Waals surface area contributed by atoms with E-state index >= 15 is 0 Å². The molecule has 2 unspecified atom stereocenters. The minimum absolute atomic E-state index is 0.172. The predicted octanol–water partition coefficient (Wildman–Crippen LogP) is 0.507. The van der Waals surface area contributed by atoms with E-state index in [0.717, 1.165) is 12.8 Å². The van der Waals surface area contributed by atoms with E-state index in [1.165, 1.54) is 33.4 Å². The van der Waals surface area contributed by atoms with Gasteiger partial charge in [-0.25, -0.2) is 9.97 Å². The molecule has 0 aromatic carbocycles. The largest absolute Gasteiger partial charge is 0.480 e. The maximum absolute atomic E-state index is 12.5. The predicted molar refractivity (Wildman–Crippen MR) is 75.6 cm³/mol. The lowest BCUT2D eigenvalue weighted by atomic mass is 9.99. The Kier molecular flexibility index (Phi) is 3.92. The van der Waals surface area contributed by atoms with E-state index in [9.17, 15) is 4.79 Å². The van der Waals surface area contributed by atoms with Gasteiger partial charge in [-0.3, -0.25) is 4.79 Å². The Bertz CT molecular complexity index is 503. The third kappa shape index (κ3) is 2.78. The number of carbonyl (C=O) groups is 1. The zero-order valence-corrected chi connectivity index (χ0v) is 12.3. The van der Waals surface area contributed by atoms with E-state index in [-0.39, 0.29) is 29.3 Å². The van der Waals surface area contributed by atoms with Crippen LogP contribution in [0.1, 0.15) is 36.0 Å². The molecule has 2 saturated heterocycles. The first-order valence-corrected chi connectivity index (χ1v) is 7.21. The monoisotopic (exact) mass is 292 g/mol. The molecule has 3 heterocycles. The Balaban J connectivity index is 1.76.